The molecular weight excluding hydrogens is 571 g/mol. The minimum absolute atomic E-state index is 0.0356. The minimum Gasteiger partial charge on any atom is -0.392 e. The Kier molecular flexibility index (Phi) is 7.29. The van der Waals surface area contributed by atoms with Crippen molar-refractivity contribution in [2.45, 2.75) is 95.7 Å². The lowest BCUT2D eigenvalue weighted by Gasteiger charge is -2.48. The lowest BCUT2D eigenvalue weighted by Crippen LogP contribution is -2.69. The molecule has 0 bridgehead atoms. The maximum absolute atomic E-state index is 10.8. The highest BCUT2D eigenvalue weighted by Gasteiger charge is 2.60. The Bertz CT molecular complexity index is 1830. The maximum atomic E-state index is 10.8. The Morgan fingerprint density at radius 2 is 1.59 bits per heavy atom. The van der Waals surface area contributed by atoms with E-state index in [4.69, 9.17) is 4.74 Å². The number of pyridine rings is 1. The average Bonchev–Trinajstić information content (AvgIpc) is 2.98. The Labute approximate surface area is 267 Å². The lowest BCUT2D eigenvalue weighted by molar-refractivity contribution is -0.753. The number of ether oxygens (including phenoxy) is 1. The molecule has 0 spiro atoms. The summed E-state index contributed by atoms with van der Waals surface area (Å²) in [6.07, 6.45) is 3.14. The molecule has 6 rings (SSSR count). The first-order chi connectivity index (χ1) is 20.5. The number of nitrogens with zero attached hydrogens (tertiary/aromatic N) is 1. The fraction of sp³-hybridized carbons (Fsp3) is 0.462. The molecule has 44 heavy (non-hydrogen) atoms. The lowest BCUT2D eigenvalue weighted by atomic mass is 9.57. The van der Waals surface area contributed by atoms with Crippen LogP contribution in [0.4, 0.5) is 0 Å². The summed E-state index contributed by atoms with van der Waals surface area (Å²) in [7, 11) is -1.37. The van der Waals surface area contributed by atoms with E-state index in [2.05, 4.69) is 127 Å². The summed E-state index contributed by atoms with van der Waals surface area (Å²) in [6, 6.07) is 21.6. The Balaban J connectivity index is 1.87. The van der Waals surface area contributed by atoms with Crippen LogP contribution in [0.25, 0.3) is 32.8 Å². The highest BCUT2D eigenvalue weighted by molar-refractivity contribution is 7.04. The summed E-state index contributed by atoms with van der Waals surface area (Å²) >= 11 is 0. The fourth-order valence-electron chi connectivity index (χ4n) is 8.85. The first-order valence-electron chi connectivity index (χ1n) is 16.4. The van der Waals surface area contributed by atoms with E-state index in [1.807, 2.05) is 0 Å². The molecule has 0 saturated heterocycles. The zero-order chi connectivity index (χ0) is 32.0. The van der Waals surface area contributed by atoms with Crippen molar-refractivity contribution in [2.24, 2.45) is 0 Å². The molecule has 2 unspecified atom stereocenters. The van der Waals surface area contributed by atoms with Crippen LogP contribution in [-0.4, -0.2) is 41.6 Å². The van der Waals surface area contributed by atoms with Crippen LogP contribution in [0.2, 0.25) is 38.3 Å². The number of rotatable bonds is 5. The number of fused-ring (bicyclic) bond motifs is 9. The first kappa shape index (κ1) is 31.4. The van der Waals surface area contributed by atoms with Crippen LogP contribution in [0, 0.1) is 0 Å². The predicted octanol–water partition coefficient (Wildman–Crippen LogP) is 7.66. The third-order valence-corrected chi connectivity index (χ3v) is 19.3. The molecule has 232 valence electrons. The zero-order valence-electron chi connectivity index (χ0n) is 28.7. The molecule has 1 N–H and O–H groups in total. The zero-order valence-corrected chi connectivity index (χ0v) is 30.7. The third-order valence-electron chi connectivity index (χ3n) is 11.8. The largest absolute Gasteiger partial charge is 0.392 e. The second-order valence-corrected chi connectivity index (χ2v) is 25.9. The van der Waals surface area contributed by atoms with Crippen molar-refractivity contribution in [3.8, 4) is 11.3 Å². The van der Waals surface area contributed by atoms with Crippen molar-refractivity contribution in [1.29, 1.82) is 0 Å². The molecule has 0 aliphatic carbocycles. The molecule has 3 aromatic carbocycles. The predicted molar refractivity (Wildman–Crippen MR) is 193 cm³/mol. The molecule has 0 radical (unpaired) electrons. The normalized spacial score (nSPS) is 23.7. The highest BCUT2D eigenvalue weighted by atomic mass is 28.3. The van der Waals surface area contributed by atoms with Gasteiger partial charge in [0, 0.05) is 32.3 Å². The van der Waals surface area contributed by atoms with Gasteiger partial charge in [-0.2, -0.15) is 4.57 Å². The summed E-state index contributed by atoms with van der Waals surface area (Å²) in [5, 5.41) is 19.6. The van der Waals surface area contributed by atoms with Gasteiger partial charge >= 0.3 is 0 Å². The second kappa shape index (κ2) is 10.2. The number of methoxy groups -OCH3 is 1. The summed E-state index contributed by atoms with van der Waals surface area (Å²) in [5.74, 6) is 0. The molecular formula is C39H52NO2Si2+. The molecule has 2 aliphatic rings. The topological polar surface area (TPSA) is 33.3 Å². The molecule has 1 aromatic heterocycles. The monoisotopic (exact) mass is 622 g/mol. The summed E-state index contributed by atoms with van der Waals surface area (Å²) < 4.78 is 8.28. The van der Waals surface area contributed by atoms with E-state index in [1.165, 1.54) is 56.0 Å². The fourth-order valence-corrected chi connectivity index (χ4v) is 19.5. The Hall–Kier alpha value is -2.58. The highest BCUT2D eigenvalue weighted by Crippen LogP contribution is 2.55. The van der Waals surface area contributed by atoms with E-state index in [0.29, 0.717) is 6.61 Å². The molecule has 0 saturated carbocycles. The van der Waals surface area contributed by atoms with Gasteiger partial charge in [-0.25, -0.2) is 0 Å². The van der Waals surface area contributed by atoms with E-state index in [-0.39, 0.29) is 12.0 Å². The van der Waals surface area contributed by atoms with Gasteiger partial charge in [-0.15, -0.1) is 0 Å². The first-order valence-corrected chi connectivity index (χ1v) is 22.8. The van der Waals surface area contributed by atoms with Gasteiger partial charge in [-0.3, -0.25) is 0 Å². The van der Waals surface area contributed by atoms with Gasteiger partial charge in [-0.1, -0.05) is 106 Å². The minimum atomic E-state index is -1.64. The van der Waals surface area contributed by atoms with Crippen molar-refractivity contribution in [3.05, 3.63) is 78.0 Å². The van der Waals surface area contributed by atoms with Crippen LogP contribution < -0.4 is 14.9 Å². The van der Waals surface area contributed by atoms with E-state index in [0.717, 1.165) is 12.0 Å². The van der Waals surface area contributed by atoms with Crippen LogP contribution in [0.15, 0.2) is 66.9 Å². The van der Waals surface area contributed by atoms with E-state index in [1.54, 1.807) is 17.5 Å². The Morgan fingerprint density at radius 3 is 2.23 bits per heavy atom. The molecule has 0 fully saturated rings. The molecule has 4 aromatic rings. The summed E-state index contributed by atoms with van der Waals surface area (Å²) in [6.45, 7) is 27.1. The van der Waals surface area contributed by atoms with E-state index >= 15 is 0 Å². The maximum Gasteiger partial charge on any atom is 0.221 e. The van der Waals surface area contributed by atoms with E-state index < -0.39 is 27.1 Å². The van der Waals surface area contributed by atoms with Gasteiger partial charge in [0.25, 0.3) is 0 Å². The number of aliphatic hydroxyl groups excluding tert-OH is 1. The smallest absolute Gasteiger partial charge is 0.221 e. The SMILES string of the molecule is C=C(CO)C1(C)[n+]2ccc3c4c(ccc3c2-c2cc(C(C)(C)C)c3ccccc3c2C1(C)CCOC)[Si](C)(C)CC[Si]4(C)C. The second-order valence-electron chi connectivity index (χ2n) is 16.3. The summed E-state index contributed by atoms with van der Waals surface area (Å²) in [5.41, 5.74) is 5.12. The van der Waals surface area contributed by atoms with Gasteiger partial charge in [0.2, 0.25) is 5.69 Å². The van der Waals surface area contributed by atoms with Crippen LogP contribution in [0.3, 0.4) is 0 Å². The molecule has 0 amide bonds. The number of benzene rings is 3. The van der Waals surface area contributed by atoms with Crippen molar-refractivity contribution >= 4 is 48.1 Å². The Morgan fingerprint density at radius 1 is 0.932 bits per heavy atom. The number of aliphatic hydroxyl groups is 1. The average molecular weight is 623 g/mol. The van der Waals surface area contributed by atoms with E-state index in [9.17, 15) is 5.11 Å². The summed E-state index contributed by atoms with van der Waals surface area (Å²) in [4.78, 5) is 0. The molecule has 2 atom stereocenters. The molecule has 2 aliphatic heterocycles. The third kappa shape index (κ3) is 4.22. The van der Waals surface area contributed by atoms with Crippen molar-refractivity contribution in [3.63, 3.8) is 0 Å². The van der Waals surface area contributed by atoms with Crippen LogP contribution >= 0.6 is 0 Å². The van der Waals surface area contributed by atoms with Crippen molar-refractivity contribution in [2.75, 3.05) is 20.3 Å². The van der Waals surface area contributed by atoms with Gasteiger partial charge in [0.1, 0.15) is 0 Å². The van der Waals surface area contributed by atoms with Crippen molar-refractivity contribution < 1.29 is 14.4 Å². The van der Waals surface area contributed by atoms with Gasteiger partial charge in [-0.05, 0) is 58.2 Å². The van der Waals surface area contributed by atoms with Gasteiger partial charge in [0.05, 0.1) is 39.1 Å². The van der Waals surface area contributed by atoms with Crippen molar-refractivity contribution in [1.82, 2.24) is 0 Å². The van der Waals surface area contributed by atoms with Gasteiger partial charge in [0.15, 0.2) is 11.7 Å². The standard InChI is InChI=1S/C39H52NO2Si2/c1-26(25-41)39(6)38(5,19-21-42-7)34-28-15-13-12-14-27(28)32(37(2,3)4)24-31(34)35-29-16-17-33-36(30(29)18-20-40(35)39)44(10,11)23-22-43(33,8)9/h12-18,20,24,41H,1,19,21-23,25H2,2-11H3/q+1. The van der Waals surface area contributed by atoms with Gasteiger partial charge < -0.3 is 9.84 Å². The molecule has 3 heterocycles. The van der Waals surface area contributed by atoms with Crippen LogP contribution in [0.5, 0.6) is 0 Å². The quantitative estimate of drug-likeness (QED) is 0.141. The number of hydrogen-bond acceptors (Lipinski definition) is 2. The molecule has 5 heteroatoms. The molecule has 3 nitrogen and oxygen atoms in total. The number of aromatic nitrogens is 1. The number of hydrogen-bond donors (Lipinski definition) is 1. The van der Waals surface area contributed by atoms with Crippen LogP contribution in [0.1, 0.15) is 52.2 Å². The van der Waals surface area contributed by atoms with Crippen LogP contribution in [-0.2, 0) is 21.1 Å².